The van der Waals surface area contributed by atoms with Gasteiger partial charge in [0.1, 0.15) is 6.04 Å². The van der Waals surface area contributed by atoms with Gasteiger partial charge in [-0.05, 0) is 50.0 Å². The van der Waals surface area contributed by atoms with Gasteiger partial charge >= 0.3 is 0 Å². The molecule has 2 fully saturated rings. The molecule has 0 saturated heterocycles. The monoisotopic (exact) mass is 388 g/mol. The number of anilines is 1. The molecular formula is C22H34N3OS+. The number of amides is 1. The van der Waals surface area contributed by atoms with Crippen molar-refractivity contribution >= 4 is 29.3 Å². The molecule has 1 aromatic rings. The van der Waals surface area contributed by atoms with Crippen LogP contribution in [0.1, 0.15) is 64.2 Å². The molecule has 148 valence electrons. The summed E-state index contributed by atoms with van der Waals surface area (Å²) in [6, 6.07) is 10.9. The minimum absolute atomic E-state index is 0.189. The lowest BCUT2D eigenvalue weighted by molar-refractivity contribution is -0.894. The summed E-state index contributed by atoms with van der Waals surface area (Å²) in [7, 11) is 1.94. The third kappa shape index (κ3) is 4.76. The summed E-state index contributed by atoms with van der Waals surface area (Å²) >= 11 is 5.46. The number of carbonyl (C=O) groups excluding carboxylic acids is 1. The largest absolute Gasteiger partial charge is 0.304 e. The molecule has 27 heavy (non-hydrogen) atoms. The second kappa shape index (κ2) is 9.76. The fourth-order valence-corrected chi connectivity index (χ4v) is 5.25. The van der Waals surface area contributed by atoms with Gasteiger partial charge in [0.15, 0.2) is 12.0 Å². The molecule has 1 N–H and O–H groups in total. The molecule has 0 radical (unpaired) electrons. The van der Waals surface area contributed by atoms with Crippen molar-refractivity contribution < 1.29 is 9.39 Å². The Balaban J connectivity index is 1.84. The van der Waals surface area contributed by atoms with Crippen LogP contribution in [0.4, 0.5) is 5.69 Å². The Bertz CT molecular complexity index is 611. The number of thiocarbonyl (C=S) groups is 1. The average molecular weight is 389 g/mol. The van der Waals surface area contributed by atoms with Crippen molar-refractivity contribution in [2.24, 2.45) is 0 Å². The smallest absolute Gasteiger partial charge is 0.284 e. The minimum Gasteiger partial charge on any atom is -0.304 e. The van der Waals surface area contributed by atoms with Gasteiger partial charge in [0, 0.05) is 31.6 Å². The number of hydrogen-bond donors (Lipinski definition) is 1. The highest BCUT2D eigenvalue weighted by atomic mass is 32.1. The van der Waals surface area contributed by atoms with E-state index in [-0.39, 0.29) is 5.91 Å². The SMILES string of the molecule is CN[N+](C=S)(CC(=O)N(c1ccccc1)C1CCCCC1)C1CCCCC1. The van der Waals surface area contributed by atoms with Crippen molar-refractivity contribution in [3.05, 3.63) is 30.3 Å². The van der Waals surface area contributed by atoms with Crippen LogP contribution >= 0.6 is 12.2 Å². The fourth-order valence-electron chi connectivity index (χ4n) is 4.89. The van der Waals surface area contributed by atoms with Crippen LogP contribution in [-0.2, 0) is 4.79 Å². The maximum atomic E-state index is 13.6. The van der Waals surface area contributed by atoms with E-state index in [1.807, 2.05) is 25.2 Å². The zero-order valence-electron chi connectivity index (χ0n) is 16.6. The first-order valence-electron chi connectivity index (χ1n) is 10.6. The number of nitrogens with one attached hydrogen (secondary N) is 1. The lowest BCUT2D eigenvalue weighted by atomic mass is 9.92. The van der Waals surface area contributed by atoms with Crippen LogP contribution in [0.2, 0.25) is 0 Å². The quantitative estimate of drug-likeness (QED) is 0.421. The summed E-state index contributed by atoms with van der Waals surface area (Å²) in [6.45, 7) is 0.399. The first kappa shape index (κ1) is 20.4. The molecule has 2 aliphatic rings. The maximum absolute atomic E-state index is 13.6. The van der Waals surface area contributed by atoms with Crippen LogP contribution in [0.5, 0.6) is 0 Å². The van der Waals surface area contributed by atoms with Crippen molar-refractivity contribution in [3.63, 3.8) is 0 Å². The number of hydrogen-bond acceptors (Lipinski definition) is 3. The third-order valence-corrected chi connectivity index (χ3v) is 6.85. The van der Waals surface area contributed by atoms with E-state index in [4.69, 9.17) is 12.2 Å². The van der Waals surface area contributed by atoms with Gasteiger partial charge in [-0.2, -0.15) is 5.43 Å². The Morgan fingerprint density at radius 1 is 1.07 bits per heavy atom. The molecule has 2 aliphatic carbocycles. The van der Waals surface area contributed by atoms with Crippen LogP contribution < -0.4 is 10.3 Å². The summed E-state index contributed by atoms with van der Waals surface area (Å²) in [4.78, 5) is 15.7. The van der Waals surface area contributed by atoms with E-state index < -0.39 is 0 Å². The highest BCUT2D eigenvalue weighted by molar-refractivity contribution is 7.78. The number of rotatable bonds is 7. The number of quaternary nitrogens is 1. The molecule has 3 rings (SSSR count). The standard InChI is InChI=1S/C22H34N3OS/c1-23-25(18-27,21-15-9-4-10-16-21)17-22(26)24(19-11-5-2-6-12-19)20-13-7-3-8-14-20/h2,5-6,11-12,18,20-21,23H,3-4,7-10,13-17H2,1H3/q+1. The van der Waals surface area contributed by atoms with Gasteiger partial charge in [-0.1, -0.05) is 43.9 Å². The number of nitrogens with zero attached hydrogens (tertiary/aromatic N) is 2. The van der Waals surface area contributed by atoms with Crippen molar-refractivity contribution in [3.8, 4) is 0 Å². The molecule has 2 saturated carbocycles. The second-order valence-corrected chi connectivity index (χ2v) is 8.31. The number of carbonyl (C=O) groups is 1. The minimum atomic E-state index is 0.189. The second-order valence-electron chi connectivity index (χ2n) is 8.10. The van der Waals surface area contributed by atoms with Crippen molar-refractivity contribution in [1.82, 2.24) is 5.43 Å². The Morgan fingerprint density at radius 3 is 2.22 bits per heavy atom. The molecule has 1 atom stereocenters. The van der Waals surface area contributed by atoms with Crippen molar-refractivity contribution in [2.45, 2.75) is 76.3 Å². The normalized spacial score (nSPS) is 21.4. The van der Waals surface area contributed by atoms with Crippen LogP contribution in [0, 0.1) is 0 Å². The summed E-state index contributed by atoms with van der Waals surface area (Å²) < 4.78 is 0.421. The molecule has 0 bridgehead atoms. The van der Waals surface area contributed by atoms with Gasteiger partial charge in [0.2, 0.25) is 0 Å². The highest BCUT2D eigenvalue weighted by Crippen LogP contribution is 2.30. The zero-order chi connectivity index (χ0) is 19.1. The molecule has 1 amide bonds. The molecule has 5 heteroatoms. The van der Waals surface area contributed by atoms with E-state index in [0.29, 0.717) is 23.2 Å². The summed E-state index contributed by atoms with van der Waals surface area (Å²) in [5.41, 5.74) is 6.22. The van der Waals surface area contributed by atoms with Gasteiger partial charge in [0.25, 0.3) is 5.91 Å². The molecular weight excluding hydrogens is 354 g/mol. The van der Waals surface area contributed by atoms with Crippen LogP contribution in [-0.4, -0.2) is 41.7 Å². The van der Waals surface area contributed by atoms with Crippen LogP contribution in [0.3, 0.4) is 0 Å². The van der Waals surface area contributed by atoms with Crippen LogP contribution in [0.15, 0.2) is 30.3 Å². The summed E-state index contributed by atoms with van der Waals surface area (Å²) in [5.74, 6) is 0.189. The van der Waals surface area contributed by atoms with Crippen molar-refractivity contribution in [2.75, 3.05) is 18.5 Å². The van der Waals surface area contributed by atoms with E-state index in [9.17, 15) is 4.79 Å². The topological polar surface area (TPSA) is 32.3 Å². The molecule has 0 aromatic heterocycles. The van der Waals surface area contributed by atoms with Gasteiger partial charge in [-0.25, -0.2) is 4.59 Å². The predicted molar refractivity (Wildman–Crippen MR) is 116 cm³/mol. The summed E-state index contributed by atoms with van der Waals surface area (Å²) in [6.07, 6.45) is 11.9. The first-order chi connectivity index (χ1) is 13.2. The molecule has 1 unspecified atom stereocenters. The van der Waals surface area contributed by atoms with E-state index in [0.717, 1.165) is 31.4 Å². The fraction of sp³-hybridized carbons (Fsp3) is 0.636. The van der Waals surface area contributed by atoms with Gasteiger partial charge in [0.05, 0.1) is 0 Å². The predicted octanol–water partition coefficient (Wildman–Crippen LogP) is 4.59. The number of para-hydroxylation sites is 1. The first-order valence-corrected chi connectivity index (χ1v) is 11.1. The lowest BCUT2D eigenvalue weighted by Crippen LogP contribution is -2.65. The van der Waals surface area contributed by atoms with Gasteiger partial charge in [-0.15, -0.1) is 0 Å². The Kier molecular flexibility index (Phi) is 7.39. The Labute approximate surface area is 169 Å². The summed E-state index contributed by atoms with van der Waals surface area (Å²) in [5, 5.41) is 0. The third-order valence-electron chi connectivity index (χ3n) is 6.47. The number of benzene rings is 1. The van der Waals surface area contributed by atoms with Crippen molar-refractivity contribution in [1.29, 1.82) is 0 Å². The van der Waals surface area contributed by atoms with Gasteiger partial charge < -0.3 is 4.90 Å². The van der Waals surface area contributed by atoms with Gasteiger partial charge in [-0.3, -0.25) is 4.79 Å². The average Bonchev–Trinajstić information content (AvgIpc) is 2.74. The maximum Gasteiger partial charge on any atom is 0.284 e. The molecule has 1 aromatic carbocycles. The van der Waals surface area contributed by atoms with E-state index in [1.54, 1.807) is 5.49 Å². The highest BCUT2D eigenvalue weighted by Gasteiger charge is 2.40. The molecule has 0 spiro atoms. The zero-order valence-corrected chi connectivity index (χ0v) is 17.4. The molecule has 4 nitrogen and oxygen atoms in total. The Hall–Kier alpha value is -1.30. The van der Waals surface area contributed by atoms with E-state index >= 15 is 0 Å². The van der Waals surface area contributed by atoms with E-state index in [2.05, 4.69) is 22.5 Å². The molecule has 0 aliphatic heterocycles. The van der Waals surface area contributed by atoms with Crippen LogP contribution in [0.25, 0.3) is 0 Å². The lowest BCUT2D eigenvalue weighted by Gasteiger charge is -2.42. The van der Waals surface area contributed by atoms with E-state index in [1.165, 1.54) is 38.5 Å². The molecule has 0 heterocycles. The Morgan fingerprint density at radius 2 is 1.67 bits per heavy atom.